The van der Waals surface area contributed by atoms with Crippen LogP contribution in [0.5, 0.6) is 0 Å². The number of benzene rings is 1. The number of H-pyrrole nitrogens is 1. The van der Waals surface area contributed by atoms with Crippen molar-refractivity contribution >= 4 is 11.0 Å². The molecule has 2 fully saturated rings. The van der Waals surface area contributed by atoms with Gasteiger partial charge in [-0.2, -0.15) is 0 Å². The SMILES string of the molecule is CCOC1CCC(N2CCC(n3c(=O)[nH]c4ccc(F)cc43)CC2)CC1. The van der Waals surface area contributed by atoms with Gasteiger partial charge < -0.3 is 14.6 Å². The molecular weight excluding hydrogens is 333 g/mol. The van der Waals surface area contributed by atoms with E-state index in [9.17, 15) is 9.18 Å². The fraction of sp³-hybridized carbons (Fsp3) is 0.650. The summed E-state index contributed by atoms with van der Waals surface area (Å²) in [7, 11) is 0. The average Bonchev–Trinajstić information content (AvgIpc) is 2.98. The standard InChI is InChI=1S/C20H28FN3O2/c1-2-26-17-6-4-15(5-7-17)23-11-9-16(10-12-23)24-19-13-14(21)3-8-18(19)22-20(24)25/h3,8,13,15-17H,2,4-7,9-12H2,1H3,(H,22,25). The number of hydrogen-bond donors (Lipinski definition) is 1. The molecule has 1 saturated heterocycles. The summed E-state index contributed by atoms with van der Waals surface area (Å²) in [6.07, 6.45) is 7.03. The van der Waals surface area contributed by atoms with E-state index < -0.39 is 0 Å². The number of likely N-dealkylation sites (tertiary alicyclic amines) is 1. The lowest BCUT2D eigenvalue weighted by Gasteiger charge is -2.40. The molecule has 5 nitrogen and oxygen atoms in total. The second-order valence-corrected chi connectivity index (χ2v) is 7.61. The van der Waals surface area contributed by atoms with Crippen molar-refractivity contribution in [3.05, 3.63) is 34.5 Å². The van der Waals surface area contributed by atoms with E-state index in [4.69, 9.17) is 4.74 Å². The van der Waals surface area contributed by atoms with Crippen LogP contribution in [0.4, 0.5) is 4.39 Å². The van der Waals surface area contributed by atoms with Crippen LogP contribution in [0.2, 0.25) is 0 Å². The minimum Gasteiger partial charge on any atom is -0.379 e. The molecule has 26 heavy (non-hydrogen) atoms. The Labute approximate surface area is 153 Å². The molecular formula is C20H28FN3O2. The summed E-state index contributed by atoms with van der Waals surface area (Å²) in [4.78, 5) is 17.8. The van der Waals surface area contributed by atoms with Crippen LogP contribution >= 0.6 is 0 Å². The average molecular weight is 361 g/mol. The molecule has 2 aliphatic rings. The van der Waals surface area contributed by atoms with Gasteiger partial charge in [0.25, 0.3) is 0 Å². The third-order valence-corrected chi connectivity index (χ3v) is 6.11. The molecule has 142 valence electrons. The highest BCUT2D eigenvalue weighted by molar-refractivity contribution is 5.75. The van der Waals surface area contributed by atoms with Gasteiger partial charge in [-0.3, -0.25) is 4.57 Å². The number of rotatable bonds is 4. The van der Waals surface area contributed by atoms with Crippen molar-refractivity contribution in [2.45, 2.75) is 63.6 Å². The van der Waals surface area contributed by atoms with E-state index in [1.54, 1.807) is 10.6 Å². The van der Waals surface area contributed by atoms with Gasteiger partial charge in [-0.25, -0.2) is 9.18 Å². The van der Waals surface area contributed by atoms with Crippen LogP contribution < -0.4 is 5.69 Å². The Hall–Kier alpha value is -1.66. The summed E-state index contributed by atoms with van der Waals surface area (Å²) in [6, 6.07) is 5.30. The van der Waals surface area contributed by atoms with Crippen molar-refractivity contribution in [1.29, 1.82) is 0 Å². The lowest BCUT2D eigenvalue weighted by molar-refractivity contribution is 0.00796. The van der Waals surface area contributed by atoms with Crippen molar-refractivity contribution in [2.75, 3.05) is 19.7 Å². The number of ether oxygens (including phenoxy) is 1. The maximum absolute atomic E-state index is 13.6. The van der Waals surface area contributed by atoms with Crippen molar-refractivity contribution in [1.82, 2.24) is 14.5 Å². The molecule has 1 aromatic carbocycles. The second kappa shape index (κ2) is 7.53. The van der Waals surface area contributed by atoms with E-state index in [1.807, 2.05) is 0 Å². The predicted octanol–water partition coefficient (Wildman–Crippen LogP) is 3.45. The van der Waals surface area contributed by atoms with Gasteiger partial charge in [0.05, 0.1) is 17.1 Å². The summed E-state index contributed by atoms with van der Waals surface area (Å²) >= 11 is 0. The lowest BCUT2D eigenvalue weighted by Crippen LogP contribution is -2.45. The fourth-order valence-electron chi connectivity index (χ4n) is 4.78. The minimum atomic E-state index is -0.297. The molecule has 1 aliphatic carbocycles. The van der Waals surface area contributed by atoms with Crippen molar-refractivity contribution in [2.24, 2.45) is 0 Å². The highest BCUT2D eigenvalue weighted by atomic mass is 19.1. The van der Waals surface area contributed by atoms with E-state index in [0.717, 1.165) is 45.4 Å². The Kier molecular flexibility index (Phi) is 5.14. The monoisotopic (exact) mass is 361 g/mol. The normalized spacial score (nSPS) is 25.8. The van der Waals surface area contributed by atoms with Gasteiger partial charge in [0.2, 0.25) is 0 Å². The van der Waals surface area contributed by atoms with Crippen LogP contribution in [0, 0.1) is 5.82 Å². The van der Waals surface area contributed by atoms with Crippen LogP contribution in [0.3, 0.4) is 0 Å². The number of hydrogen-bond acceptors (Lipinski definition) is 3. The van der Waals surface area contributed by atoms with E-state index in [-0.39, 0.29) is 17.5 Å². The van der Waals surface area contributed by atoms with Crippen LogP contribution in [0.1, 0.15) is 51.5 Å². The number of aromatic amines is 1. The summed E-state index contributed by atoms with van der Waals surface area (Å²) < 4.78 is 21.2. The number of halogens is 1. The highest BCUT2D eigenvalue weighted by Gasteiger charge is 2.30. The maximum Gasteiger partial charge on any atom is 0.326 e. The molecule has 2 aromatic rings. The molecule has 4 rings (SSSR count). The number of piperidine rings is 1. The molecule has 0 bridgehead atoms. The highest BCUT2D eigenvalue weighted by Crippen LogP contribution is 2.31. The third kappa shape index (κ3) is 3.45. The van der Waals surface area contributed by atoms with Crippen LogP contribution in [-0.4, -0.2) is 46.3 Å². The fourth-order valence-corrected chi connectivity index (χ4v) is 4.78. The topological polar surface area (TPSA) is 50.3 Å². The molecule has 0 radical (unpaired) electrons. The summed E-state index contributed by atoms with van der Waals surface area (Å²) in [5.41, 5.74) is 1.28. The largest absolute Gasteiger partial charge is 0.379 e. The zero-order valence-corrected chi connectivity index (χ0v) is 15.4. The summed E-state index contributed by atoms with van der Waals surface area (Å²) in [5.74, 6) is -0.297. The molecule has 1 aliphatic heterocycles. The van der Waals surface area contributed by atoms with Crippen molar-refractivity contribution in [3.63, 3.8) is 0 Å². The Balaban J connectivity index is 1.41. The number of nitrogens with zero attached hydrogens (tertiary/aromatic N) is 2. The number of nitrogens with one attached hydrogen (secondary N) is 1. The van der Waals surface area contributed by atoms with Gasteiger partial charge in [0, 0.05) is 31.8 Å². The zero-order chi connectivity index (χ0) is 18.1. The quantitative estimate of drug-likeness (QED) is 0.907. The number of aromatic nitrogens is 2. The molecule has 0 atom stereocenters. The van der Waals surface area contributed by atoms with E-state index in [0.29, 0.717) is 23.2 Å². The molecule has 1 saturated carbocycles. The van der Waals surface area contributed by atoms with Crippen molar-refractivity contribution < 1.29 is 9.13 Å². The Morgan fingerprint density at radius 2 is 1.85 bits per heavy atom. The molecule has 6 heteroatoms. The van der Waals surface area contributed by atoms with Crippen LogP contribution in [-0.2, 0) is 4.74 Å². The lowest BCUT2D eigenvalue weighted by atomic mass is 9.90. The van der Waals surface area contributed by atoms with E-state index >= 15 is 0 Å². The van der Waals surface area contributed by atoms with Gasteiger partial charge in [-0.05, 0) is 63.6 Å². The molecule has 1 N–H and O–H groups in total. The summed E-state index contributed by atoms with van der Waals surface area (Å²) in [5, 5.41) is 0. The molecule has 0 unspecified atom stereocenters. The van der Waals surface area contributed by atoms with E-state index in [1.165, 1.54) is 25.0 Å². The summed E-state index contributed by atoms with van der Waals surface area (Å²) in [6.45, 7) is 4.88. The third-order valence-electron chi connectivity index (χ3n) is 6.11. The first-order valence-electron chi connectivity index (χ1n) is 9.91. The minimum absolute atomic E-state index is 0.124. The van der Waals surface area contributed by atoms with Gasteiger partial charge in [0.1, 0.15) is 5.82 Å². The van der Waals surface area contributed by atoms with Gasteiger partial charge >= 0.3 is 5.69 Å². The Morgan fingerprint density at radius 3 is 2.54 bits per heavy atom. The molecule has 2 heterocycles. The first-order valence-corrected chi connectivity index (χ1v) is 9.91. The number of imidazole rings is 1. The predicted molar refractivity (Wildman–Crippen MR) is 100 cm³/mol. The van der Waals surface area contributed by atoms with Crippen LogP contribution in [0.25, 0.3) is 11.0 Å². The second-order valence-electron chi connectivity index (χ2n) is 7.61. The van der Waals surface area contributed by atoms with Gasteiger partial charge in [-0.15, -0.1) is 0 Å². The van der Waals surface area contributed by atoms with E-state index in [2.05, 4.69) is 16.8 Å². The van der Waals surface area contributed by atoms with Crippen molar-refractivity contribution in [3.8, 4) is 0 Å². The van der Waals surface area contributed by atoms with Crippen LogP contribution in [0.15, 0.2) is 23.0 Å². The molecule has 1 aromatic heterocycles. The first-order chi connectivity index (χ1) is 12.7. The maximum atomic E-state index is 13.6. The van der Waals surface area contributed by atoms with Gasteiger partial charge in [0.15, 0.2) is 0 Å². The Bertz CT molecular complexity index is 799. The smallest absolute Gasteiger partial charge is 0.326 e. The number of fused-ring (bicyclic) bond motifs is 1. The zero-order valence-electron chi connectivity index (χ0n) is 15.4. The molecule has 0 amide bonds. The van der Waals surface area contributed by atoms with Gasteiger partial charge in [-0.1, -0.05) is 0 Å². The Morgan fingerprint density at radius 1 is 1.12 bits per heavy atom. The first kappa shape index (κ1) is 17.7. The molecule has 0 spiro atoms.